The molecule has 2 rings (SSSR count). The van der Waals surface area contributed by atoms with Crippen LogP contribution in [0, 0.1) is 0 Å². The molecule has 1 heterocycles. The minimum absolute atomic E-state index is 0.0284. The lowest BCUT2D eigenvalue weighted by atomic mass is 10.2. The van der Waals surface area contributed by atoms with Crippen molar-refractivity contribution in [2.45, 2.75) is 58.3 Å². The quantitative estimate of drug-likeness (QED) is 0.0958. The van der Waals surface area contributed by atoms with Gasteiger partial charge in [0.15, 0.2) is 0 Å². The van der Waals surface area contributed by atoms with Crippen LogP contribution < -0.4 is 21.0 Å². The summed E-state index contributed by atoms with van der Waals surface area (Å²) in [5, 5.41) is 16.3. The van der Waals surface area contributed by atoms with Crippen LogP contribution in [0.4, 0.5) is 5.82 Å². The van der Waals surface area contributed by atoms with Gasteiger partial charge in [0.2, 0.25) is 0 Å². The van der Waals surface area contributed by atoms with Crippen LogP contribution in [0.5, 0.6) is 5.75 Å². The fourth-order valence-electron chi connectivity index (χ4n) is 2.95. The molecule has 0 amide bonds. The lowest BCUT2D eigenvalue weighted by Crippen LogP contribution is -2.40. The summed E-state index contributed by atoms with van der Waals surface area (Å²) in [7, 11) is -4.26. The summed E-state index contributed by atoms with van der Waals surface area (Å²) in [5.74, 6) is -0.532. The highest BCUT2D eigenvalue weighted by molar-refractivity contribution is 7.52. The lowest BCUT2D eigenvalue weighted by molar-refractivity contribution is -0.149. The van der Waals surface area contributed by atoms with Crippen molar-refractivity contribution in [3.8, 4) is 5.75 Å². The number of azide groups is 1. The first-order chi connectivity index (χ1) is 17.9. The molecule has 2 unspecified atom stereocenters. The molecule has 38 heavy (non-hydrogen) atoms. The fraction of sp³-hybridized carbons (Fsp3) is 0.500. The monoisotopic (exact) mass is 553 g/mol. The number of esters is 1. The van der Waals surface area contributed by atoms with Crippen molar-refractivity contribution in [3.63, 3.8) is 0 Å². The summed E-state index contributed by atoms with van der Waals surface area (Å²) >= 11 is 0. The molecule has 2 aromatic rings. The van der Waals surface area contributed by atoms with Gasteiger partial charge in [-0.25, -0.2) is 9.36 Å². The zero-order valence-corrected chi connectivity index (χ0v) is 22.3. The molecule has 0 bridgehead atoms. The number of carbonyl (C=O) groups is 1. The molecule has 0 aliphatic rings. The van der Waals surface area contributed by atoms with Gasteiger partial charge < -0.3 is 24.8 Å². The first kappa shape index (κ1) is 30.8. The molecule has 0 radical (unpaired) electrons. The van der Waals surface area contributed by atoms with Gasteiger partial charge in [-0.1, -0.05) is 23.3 Å². The number of para-hydroxylation sites is 1. The minimum Gasteiger partial charge on any atom is -0.462 e. The van der Waals surface area contributed by atoms with Gasteiger partial charge in [-0.15, -0.1) is 0 Å². The van der Waals surface area contributed by atoms with Gasteiger partial charge in [-0.05, 0) is 51.4 Å². The van der Waals surface area contributed by atoms with Crippen LogP contribution >= 0.6 is 7.75 Å². The first-order valence-electron chi connectivity index (χ1n) is 11.6. The van der Waals surface area contributed by atoms with Crippen molar-refractivity contribution < 1.29 is 33.0 Å². The molecule has 16 heteroatoms. The highest BCUT2D eigenvalue weighted by Crippen LogP contribution is 2.45. The minimum atomic E-state index is -4.26. The number of nitrogens with one attached hydrogen (secondary N) is 1. The number of benzene rings is 1. The van der Waals surface area contributed by atoms with Crippen LogP contribution in [-0.4, -0.2) is 58.1 Å². The van der Waals surface area contributed by atoms with Crippen LogP contribution in [0.25, 0.3) is 10.4 Å². The normalized spacial score (nSPS) is 15.9. The number of hydrogen-bond acceptors (Lipinski definition) is 11. The topological polar surface area (TPSA) is 213 Å². The lowest BCUT2D eigenvalue weighted by Gasteiger charge is -2.29. The number of hydrogen-bond donors (Lipinski definition) is 3. The highest BCUT2D eigenvalue weighted by atomic mass is 31.2. The van der Waals surface area contributed by atoms with E-state index < -0.39 is 56.6 Å². The van der Waals surface area contributed by atoms with Gasteiger partial charge >= 0.3 is 19.4 Å². The summed E-state index contributed by atoms with van der Waals surface area (Å²) in [6.07, 6.45) is -2.75. The third kappa shape index (κ3) is 9.78. The van der Waals surface area contributed by atoms with Gasteiger partial charge in [0.1, 0.15) is 29.9 Å². The average Bonchev–Trinajstić information content (AvgIpc) is 2.84. The Balaban J connectivity index is 2.28. The van der Waals surface area contributed by atoms with E-state index in [1.165, 1.54) is 38.2 Å². The van der Waals surface area contributed by atoms with Gasteiger partial charge in [0.25, 0.3) is 0 Å². The van der Waals surface area contributed by atoms with Crippen molar-refractivity contribution in [2.24, 2.45) is 5.11 Å². The van der Waals surface area contributed by atoms with Crippen LogP contribution in [0.15, 0.2) is 52.5 Å². The van der Waals surface area contributed by atoms with E-state index in [0.717, 1.165) is 4.57 Å². The molecular formula is C22H32N7O8P. The molecule has 0 saturated carbocycles. The van der Waals surface area contributed by atoms with E-state index in [0.29, 0.717) is 0 Å². The van der Waals surface area contributed by atoms with Crippen molar-refractivity contribution in [2.75, 3.05) is 18.9 Å². The Kier molecular flexibility index (Phi) is 11.7. The second-order valence-corrected chi connectivity index (χ2v) is 10.1. The van der Waals surface area contributed by atoms with Gasteiger partial charge in [-0.2, -0.15) is 10.1 Å². The van der Waals surface area contributed by atoms with E-state index in [2.05, 4.69) is 20.1 Å². The molecule has 0 spiro atoms. The number of aliphatic hydroxyl groups is 1. The molecule has 15 nitrogen and oxygen atoms in total. The Morgan fingerprint density at radius 2 is 1.95 bits per heavy atom. The number of nitrogens with zero attached hydrogens (tertiary/aromatic N) is 5. The predicted octanol–water partition coefficient (Wildman–Crippen LogP) is 2.53. The number of ether oxygens (including phenoxy) is 2. The number of anilines is 1. The molecular weight excluding hydrogens is 521 g/mol. The predicted molar refractivity (Wildman–Crippen MR) is 137 cm³/mol. The summed E-state index contributed by atoms with van der Waals surface area (Å²) in [6, 6.07) is 8.35. The third-order valence-electron chi connectivity index (χ3n) is 4.77. The fourth-order valence-corrected chi connectivity index (χ4v) is 4.45. The SMILES string of the molecule is CC(C)OC(=O)[C@H](C)NP(=O)(OC[C@@H](O[C@@H](CN=[N+]=[N-])n1ccc(N)nc1=O)C(C)O)Oc1ccccc1. The molecule has 0 fully saturated rings. The molecule has 0 aliphatic carbocycles. The maximum Gasteiger partial charge on any atom is 0.459 e. The number of rotatable bonds is 15. The van der Waals surface area contributed by atoms with E-state index in [-0.39, 0.29) is 18.1 Å². The maximum atomic E-state index is 13.7. The smallest absolute Gasteiger partial charge is 0.459 e. The molecule has 0 aliphatic heterocycles. The molecule has 4 N–H and O–H groups in total. The van der Waals surface area contributed by atoms with Crippen LogP contribution in [0.3, 0.4) is 0 Å². The molecule has 208 valence electrons. The largest absolute Gasteiger partial charge is 0.462 e. The van der Waals surface area contributed by atoms with E-state index in [9.17, 15) is 19.3 Å². The van der Waals surface area contributed by atoms with Crippen LogP contribution in [-0.2, 0) is 23.4 Å². The third-order valence-corrected chi connectivity index (χ3v) is 6.41. The van der Waals surface area contributed by atoms with Gasteiger partial charge in [-0.3, -0.25) is 13.9 Å². The zero-order valence-electron chi connectivity index (χ0n) is 21.4. The first-order valence-corrected chi connectivity index (χ1v) is 13.1. The number of carbonyl (C=O) groups excluding carboxylic acids is 1. The Hall–Kier alpha value is -3.45. The Labute approximate surface area is 219 Å². The van der Waals surface area contributed by atoms with Crippen LogP contribution in [0.2, 0.25) is 0 Å². The zero-order chi connectivity index (χ0) is 28.3. The standard InChI is InChI=1S/C22H32N7O8P/c1-14(2)35-21(31)15(3)27-38(33,37-17-8-6-5-7-9-17)34-13-18(16(4)30)36-20(12-25-28-24)29-11-10-19(23)26-22(29)32/h5-11,14-16,18,20,30H,12-13H2,1-4H3,(H,27,33)(H2,23,26,32)/t15-,16?,18+,20-,38?/m0/s1. The number of nitrogen functional groups attached to an aromatic ring is 1. The summed E-state index contributed by atoms with van der Waals surface area (Å²) in [4.78, 5) is 30.9. The van der Waals surface area contributed by atoms with Crippen molar-refractivity contribution in [1.82, 2.24) is 14.6 Å². The average molecular weight is 554 g/mol. The number of aromatic nitrogens is 2. The Morgan fingerprint density at radius 3 is 2.53 bits per heavy atom. The maximum absolute atomic E-state index is 13.7. The van der Waals surface area contributed by atoms with Gasteiger partial charge in [0.05, 0.1) is 25.4 Å². The Bertz CT molecular complexity index is 1200. The van der Waals surface area contributed by atoms with Crippen molar-refractivity contribution >= 4 is 19.5 Å². The second-order valence-electron chi connectivity index (χ2n) is 8.36. The molecule has 1 aromatic carbocycles. The van der Waals surface area contributed by atoms with Crippen LogP contribution in [0.1, 0.15) is 33.9 Å². The summed E-state index contributed by atoms with van der Waals surface area (Å²) < 4.78 is 36.8. The highest BCUT2D eigenvalue weighted by Gasteiger charge is 2.35. The second kappa shape index (κ2) is 14.5. The summed E-state index contributed by atoms with van der Waals surface area (Å²) in [5.41, 5.74) is 13.5. The Morgan fingerprint density at radius 1 is 1.26 bits per heavy atom. The van der Waals surface area contributed by atoms with E-state index in [4.69, 9.17) is 29.8 Å². The van der Waals surface area contributed by atoms with Gasteiger partial charge in [0, 0.05) is 11.1 Å². The van der Waals surface area contributed by atoms with E-state index in [1.807, 2.05) is 0 Å². The van der Waals surface area contributed by atoms with Crippen molar-refractivity contribution in [1.29, 1.82) is 0 Å². The summed E-state index contributed by atoms with van der Waals surface area (Å²) in [6.45, 7) is 5.27. The van der Waals surface area contributed by atoms with Crippen molar-refractivity contribution in [3.05, 3.63) is 63.5 Å². The number of aliphatic hydroxyl groups excluding tert-OH is 1. The van der Waals surface area contributed by atoms with E-state index in [1.54, 1.807) is 32.0 Å². The number of nitrogens with two attached hydrogens (primary N) is 1. The van der Waals surface area contributed by atoms with E-state index >= 15 is 0 Å². The molecule has 1 aromatic heterocycles. The molecule has 0 saturated heterocycles. The molecule has 5 atom stereocenters.